The Morgan fingerprint density at radius 1 is 1.00 bits per heavy atom. The Hall–Kier alpha value is -1.05. The van der Waals surface area contributed by atoms with Gasteiger partial charge in [0.1, 0.15) is 0 Å². The number of hydrogen-bond donors (Lipinski definition) is 5. The van der Waals surface area contributed by atoms with Gasteiger partial charge in [-0.25, -0.2) is 0 Å². The maximum absolute atomic E-state index is 4.34. The minimum atomic E-state index is 0.436. The summed E-state index contributed by atoms with van der Waals surface area (Å²) in [5, 5.41) is 17.6. The molecule has 1 aliphatic rings. The Morgan fingerprint density at radius 3 is 2.64 bits per heavy atom. The van der Waals surface area contributed by atoms with Gasteiger partial charge in [-0.05, 0) is 31.6 Å². The highest BCUT2D eigenvalue weighted by Gasteiger charge is 2.07. The molecule has 0 amide bonds. The molecule has 1 unspecified atom stereocenters. The normalized spacial score (nSPS) is 22.3. The molecule has 0 bridgehead atoms. The van der Waals surface area contributed by atoms with Gasteiger partial charge in [0.05, 0.1) is 5.69 Å². The average Bonchev–Trinajstić information content (AvgIpc) is 2.58. The Morgan fingerprint density at radius 2 is 1.82 bits per heavy atom. The first kappa shape index (κ1) is 17.3. The second-order valence-corrected chi connectivity index (χ2v) is 5.66. The molecule has 1 saturated heterocycles. The zero-order valence-electron chi connectivity index (χ0n) is 13.4. The van der Waals surface area contributed by atoms with Crippen molar-refractivity contribution in [3.63, 3.8) is 0 Å². The van der Waals surface area contributed by atoms with E-state index in [0.717, 1.165) is 64.6 Å². The van der Waals surface area contributed by atoms with Crippen molar-refractivity contribution in [2.24, 2.45) is 0 Å². The summed E-state index contributed by atoms with van der Waals surface area (Å²) in [4.78, 5) is 4.34. The van der Waals surface area contributed by atoms with E-state index in [-0.39, 0.29) is 0 Å². The van der Waals surface area contributed by atoms with Crippen molar-refractivity contribution in [1.29, 1.82) is 0 Å². The highest BCUT2D eigenvalue weighted by Crippen LogP contribution is 1.92. The quantitative estimate of drug-likeness (QED) is 0.507. The Balaban J connectivity index is 1.68. The number of hydrogen-bond acceptors (Lipinski definition) is 6. The number of pyridine rings is 1. The standard InChI is InChI=1S/C16H30N6/c1-2-7-21-15(4-1)12-20-14-16-13-19-9-8-17-5-3-6-18-10-11-22-16/h1-2,4,7,16-20,22H,3,5-6,8-14H2. The fraction of sp³-hybridized carbons (Fsp3) is 0.688. The minimum absolute atomic E-state index is 0.436. The molecule has 6 heteroatoms. The van der Waals surface area contributed by atoms with Gasteiger partial charge in [-0.15, -0.1) is 0 Å². The van der Waals surface area contributed by atoms with E-state index in [1.165, 1.54) is 6.42 Å². The fourth-order valence-corrected chi connectivity index (χ4v) is 2.50. The van der Waals surface area contributed by atoms with E-state index >= 15 is 0 Å². The van der Waals surface area contributed by atoms with Crippen molar-refractivity contribution in [2.75, 3.05) is 52.4 Å². The monoisotopic (exact) mass is 306 g/mol. The van der Waals surface area contributed by atoms with Crippen molar-refractivity contribution in [3.8, 4) is 0 Å². The Bertz CT molecular complexity index is 358. The average molecular weight is 306 g/mol. The zero-order chi connectivity index (χ0) is 15.3. The topological polar surface area (TPSA) is 73.0 Å². The van der Waals surface area contributed by atoms with Gasteiger partial charge >= 0.3 is 0 Å². The summed E-state index contributed by atoms with van der Waals surface area (Å²) in [6, 6.07) is 6.47. The fourth-order valence-electron chi connectivity index (χ4n) is 2.50. The van der Waals surface area contributed by atoms with Crippen molar-refractivity contribution in [2.45, 2.75) is 19.0 Å². The molecular weight excluding hydrogens is 276 g/mol. The van der Waals surface area contributed by atoms with Crippen LogP contribution in [0.3, 0.4) is 0 Å². The summed E-state index contributed by atoms with van der Waals surface area (Å²) in [5.74, 6) is 0. The lowest BCUT2D eigenvalue weighted by molar-refractivity contribution is 0.442. The highest BCUT2D eigenvalue weighted by molar-refractivity contribution is 5.02. The van der Waals surface area contributed by atoms with Crippen LogP contribution in [0.2, 0.25) is 0 Å². The van der Waals surface area contributed by atoms with E-state index in [2.05, 4.69) is 37.6 Å². The molecule has 0 radical (unpaired) electrons. The van der Waals surface area contributed by atoms with E-state index < -0.39 is 0 Å². The van der Waals surface area contributed by atoms with Crippen molar-refractivity contribution in [1.82, 2.24) is 31.6 Å². The van der Waals surface area contributed by atoms with Crippen LogP contribution >= 0.6 is 0 Å². The molecule has 1 aliphatic heterocycles. The van der Waals surface area contributed by atoms with Crippen LogP contribution in [0.25, 0.3) is 0 Å². The first-order valence-electron chi connectivity index (χ1n) is 8.41. The lowest BCUT2D eigenvalue weighted by atomic mass is 10.2. The molecule has 2 heterocycles. The molecule has 5 N–H and O–H groups in total. The van der Waals surface area contributed by atoms with Crippen molar-refractivity contribution < 1.29 is 0 Å². The van der Waals surface area contributed by atoms with Crippen LogP contribution in [-0.4, -0.2) is 63.4 Å². The molecule has 6 nitrogen and oxygen atoms in total. The minimum Gasteiger partial charge on any atom is -0.315 e. The zero-order valence-corrected chi connectivity index (χ0v) is 13.4. The highest BCUT2D eigenvalue weighted by atomic mass is 15.1. The summed E-state index contributed by atoms with van der Waals surface area (Å²) in [5.41, 5.74) is 1.09. The first-order chi connectivity index (χ1) is 10.9. The summed E-state index contributed by atoms with van der Waals surface area (Å²) in [7, 11) is 0. The van der Waals surface area contributed by atoms with Crippen LogP contribution in [0.4, 0.5) is 0 Å². The van der Waals surface area contributed by atoms with Gasteiger partial charge in [-0.3, -0.25) is 4.98 Å². The molecule has 0 aromatic carbocycles. The Kier molecular flexibility index (Phi) is 9.05. The smallest absolute Gasteiger partial charge is 0.0541 e. The molecule has 1 atom stereocenters. The molecule has 1 aromatic rings. The van der Waals surface area contributed by atoms with Crippen LogP contribution < -0.4 is 26.6 Å². The summed E-state index contributed by atoms with van der Waals surface area (Å²) < 4.78 is 0. The predicted molar refractivity (Wildman–Crippen MR) is 91.0 cm³/mol. The third-order valence-corrected chi connectivity index (χ3v) is 3.73. The van der Waals surface area contributed by atoms with Gasteiger partial charge in [0.15, 0.2) is 0 Å². The summed E-state index contributed by atoms with van der Waals surface area (Å²) in [6.07, 6.45) is 3.03. The van der Waals surface area contributed by atoms with E-state index in [4.69, 9.17) is 0 Å². The third kappa shape index (κ3) is 7.82. The van der Waals surface area contributed by atoms with Gasteiger partial charge in [-0.2, -0.15) is 0 Å². The Labute approximate surface area is 133 Å². The SMILES string of the molecule is c1ccc(CNCC2CNCCNCCCNCCN2)nc1. The molecule has 0 spiro atoms. The van der Waals surface area contributed by atoms with Gasteiger partial charge in [0, 0.05) is 58.1 Å². The lowest BCUT2D eigenvalue weighted by Crippen LogP contribution is -2.47. The maximum Gasteiger partial charge on any atom is 0.0541 e. The third-order valence-electron chi connectivity index (χ3n) is 3.73. The molecular formula is C16H30N6. The van der Waals surface area contributed by atoms with Gasteiger partial charge < -0.3 is 26.6 Å². The first-order valence-corrected chi connectivity index (χ1v) is 8.41. The second-order valence-electron chi connectivity index (χ2n) is 5.66. The molecule has 0 aliphatic carbocycles. The van der Waals surface area contributed by atoms with E-state index in [1.807, 2.05) is 18.3 Å². The van der Waals surface area contributed by atoms with Crippen LogP contribution in [0.1, 0.15) is 12.1 Å². The van der Waals surface area contributed by atoms with Gasteiger partial charge in [0.2, 0.25) is 0 Å². The second kappa shape index (κ2) is 11.5. The number of rotatable bonds is 4. The predicted octanol–water partition coefficient (Wildman–Crippen LogP) is -0.698. The largest absolute Gasteiger partial charge is 0.315 e. The molecule has 22 heavy (non-hydrogen) atoms. The van der Waals surface area contributed by atoms with Gasteiger partial charge in [-0.1, -0.05) is 6.07 Å². The molecule has 0 saturated carbocycles. The molecule has 2 rings (SSSR count). The van der Waals surface area contributed by atoms with Crippen molar-refractivity contribution >= 4 is 0 Å². The van der Waals surface area contributed by atoms with Crippen molar-refractivity contribution in [3.05, 3.63) is 30.1 Å². The van der Waals surface area contributed by atoms with Crippen LogP contribution in [0.15, 0.2) is 24.4 Å². The van der Waals surface area contributed by atoms with Crippen LogP contribution in [0.5, 0.6) is 0 Å². The number of nitrogens with zero attached hydrogens (tertiary/aromatic N) is 1. The lowest BCUT2D eigenvalue weighted by Gasteiger charge is -2.20. The summed E-state index contributed by atoms with van der Waals surface area (Å²) in [6.45, 7) is 9.01. The van der Waals surface area contributed by atoms with Crippen LogP contribution in [0, 0.1) is 0 Å². The molecule has 1 aromatic heterocycles. The van der Waals surface area contributed by atoms with Gasteiger partial charge in [0.25, 0.3) is 0 Å². The maximum atomic E-state index is 4.34. The summed E-state index contributed by atoms with van der Waals surface area (Å²) >= 11 is 0. The molecule has 124 valence electrons. The number of nitrogens with one attached hydrogen (secondary N) is 5. The van der Waals surface area contributed by atoms with E-state index in [0.29, 0.717) is 6.04 Å². The molecule has 1 fully saturated rings. The van der Waals surface area contributed by atoms with E-state index in [9.17, 15) is 0 Å². The van der Waals surface area contributed by atoms with Crippen LogP contribution in [-0.2, 0) is 6.54 Å². The van der Waals surface area contributed by atoms with E-state index in [1.54, 1.807) is 0 Å². The number of aromatic nitrogens is 1.